The highest BCUT2D eigenvalue weighted by Gasteiger charge is 2.27. The van der Waals surface area contributed by atoms with Gasteiger partial charge < -0.3 is 14.0 Å². The number of methoxy groups -OCH3 is 1. The number of hydrogen-bond acceptors (Lipinski definition) is 7. The maximum Gasteiger partial charge on any atom is 0.261 e. The Balaban J connectivity index is 1.79. The Morgan fingerprint density at radius 2 is 1.94 bits per heavy atom. The zero-order valence-electron chi connectivity index (χ0n) is 19.1. The maximum atomic E-state index is 12.3. The summed E-state index contributed by atoms with van der Waals surface area (Å²) in [6.45, 7) is 3.67. The molecule has 4 aromatic rings. The van der Waals surface area contributed by atoms with E-state index in [0.29, 0.717) is 16.7 Å². The van der Waals surface area contributed by atoms with Gasteiger partial charge >= 0.3 is 0 Å². The maximum absolute atomic E-state index is 12.3. The van der Waals surface area contributed by atoms with Crippen LogP contribution in [-0.2, 0) is 21.6 Å². The van der Waals surface area contributed by atoms with Crippen LogP contribution < -0.4 is 4.74 Å². The summed E-state index contributed by atoms with van der Waals surface area (Å²) in [6.07, 6.45) is 4.94. The number of aromatic nitrogens is 5. The summed E-state index contributed by atoms with van der Waals surface area (Å²) in [4.78, 5) is 5.10. The second kappa shape index (κ2) is 8.11. The Bertz CT molecular complexity index is 1450. The fraction of sp³-hybridized carbons (Fsp3) is 0.435. The van der Waals surface area contributed by atoms with Crippen molar-refractivity contribution in [2.45, 2.75) is 30.7 Å². The highest BCUT2D eigenvalue weighted by molar-refractivity contribution is 7.90. The van der Waals surface area contributed by atoms with Crippen molar-refractivity contribution >= 4 is 31.8 Å². The van der Waals surface area contributed by atoms with E-state index in [9.17, 15) is 8.42 Å². The fourth-order valence-corrected chi connectivity index (χ4v) is 5.52. The van der Waals surface area contributed by atoms with Crippen molar-refractivity contribution in [3.8, 4) is 17.1 Å². The molecule has 5 rings (SSSR count). The third-order valence-electron chi connectivity index (χ3n) is 6.66. The van der Waals surface area contributed by atoms with E-state index in [0.717, 1.165) is 59.2 Å². The van der Waals surface area contributed by atoms with Crippen molar-refractivity contribution in [3.63, 3.8) is 0 Å². The van der Waals surface area contributed by atoms with Crippen LogP contribution >= 0.6 is 0 Å². The molecule has 1 saturated heterocycles. The summed E-state index contributed by atoms with van der Waals surface area (Å²) < 4.78 is 39.5. The predicted octanol–water partition coefficient (Wildman–Crippen LogP) is 3.38. The Hall–Kier alpha value is -2.98. The van der Waals surface area contributed by atoms with Gasteiger partial charge in [0.25, 0.3) is 5.88 Å². The molecule has 0 amide bonds. The predicted molar refractivity (Wildman–Crippen MR) is 125 cm³/mol. The molecule has 0 saturated carbocycles. The number of sulfone groups is 1. The van der Waals surface area contributed by atoms with Crippen LogP contribution in [0.3, 0.4) is 0 Å². The lowest BCUT2D eigenvalue weighted by Crippen LogP contribution is -2.24. The summed E-state index contributed by atoms with van der Waals surface area (Å²) in [5.74, 6) is 0.842. The van der Waals surface area contributed by atoms with E-state index >= 15 is 0 Å². The molecule has 3 aromatic heterocycles. The van der Waals surface area contributed by atoms with Gasteiger partial charge in [-0.15, -0.1) is 0 Å². The van der Waals surface area contributed by atoms with Crippen LogP contribution in [0.1, 0.15) is 25.8 Å². The van der Waals surface area contributed by atoms with Crippen molar-refractivity contribution < 1.29 is 17.9 Å². The monoisotopic (exact) mass is 469 g/mol. The summed E-state index contributed by atoms with van der Waals surface area (Å²) in [5, 5.41) is 9.09. The lowest BCUT2D eigenvalue weighted by atomic mass is 9.92. The largest absolute Gasteiger partial charge is 0.478 e. The Labute approximate surface area is 192 Å². The second-order valence-corrected chi connectivity index (χ2v) is 10.7. The van der Waals surface area contributed by atoms with Crippen molar-refractivity contribution in [1.82, 2.24) is 24.5 Å². The van der Waals surface area contributed by atoms with Crippen LogP contribution in [0.2, 0.25) is 0 Å². The van der Waals surface area contributed by atoms with E-state index in [2.05, 4.69) is 27.9 Å². The number of nitrogens with zero attached hydrogens (tertiary/aromatic N) is 5. The van der Waals surface area contributed by atoms with Crippen LogP contribution in [0.4, 0.5) is 0 Å². The first kappa shape index (κ1) is 21.8. The molecule has 33 heavy (non-hydrogen) atoms. The SMILES string of the molecule is COc1nnn(C)c1-c1cnc2c3ccc(S(C)(=O)=O)cc3n([C@H](C)C3CCOCC3)c2c1. The van der Waals surface area contributed by atoms with E-state index in [1.807, 2.05) is 13.1 Å². The highest BCUT2D eigenvalue weighted by atomic mass is 32.2. The molecular weight excluding hydrogens is 442 g/mol. The molecule has 10 heteroatoms. The van der Waals surface area contributed by atoms with Gasteiger partial charge in [0.05, 0.1) is 28.6 Å². The van der Waals surface area contributed by atoms with Gasteiger partial charge in [0, 0.05) is 49.7 Å². The number of ether oxygens (including phenoxy) is 2. The molecule has 174 valence electrons. The number of rotatable bonds is 5. The lowest BCUT2D eigenvalue weighted by molar-refractivity contribution is 0.0525. The van der Waals surface area contributed by atoms with Gasteiger partial charge in [0.2, 0.25) is 0 Å². The second-order valence-electron chi connectivity index (χ2n) is 8.67. The number of pyridine rings is 1. The van der Waals surface area contributed by atoms with Crippen molar-refractivity contribution in [2.75, 3.05) is 26.6 Å². The molecule has 1 aliphatic rings. The standard InChI is InChI=1S/C23H27N5O4S/c1-14(15-7-9-32-10-8-15)28-19-12-17(33(4,29)30)5-6-18(19)21-20(28)11-16(13-24-21)22-23(31-3)25-26-27(22)2/h5-6,11-15H,7-10H2,1-4H3/t14-/m1/s1. The molecule has 1 aromatic carbocycles. The van der Waals surface area contributed by atoms with Gasteiger partial charge in [-0.3, -0.25) is 4.98 Å². The number of fused-ring (bicyclic) bond motifs is 3. The summed E-state index contributed by atoms with van der Waals surface area (Å²) >= 11 is 0. The van der Waals surface area contributed by atoms with Crippen LogP contribution in [0.5, 0.6) is 5.88 Å². The molecule has 0 radical (unpaired) electrons. The van der Waals surface area contributed by atoms with E-state index in [4.69, 9.17) is 14.5 Å². The first-order valence-electron chi connectivity index (χ1n) is 10.9. The zero-order valence-corrected chi connectivity index (χ0v) is 20.0. The van der Waals surface area contributed by atoms with E-state index < -0.39 is 9.84 Å². The third-order valence-corrected chi connectivity index (χ3v) is 7.77. The molecule has 0 spiro atoms. The third kappa shape index (κ3) is 3.67. The summed E-state index contributed by atoms with van der Waals surface area (Å²) in [7, 11) is 0.0316. The molecule has 9 nitrogen and oxygen atoms in total. The minimum Gasteiger partial charge on any atom is -0.478 e. The molecule has 1 aliphatic heterocycles. The van der Waals surface area contributed by atoms with Gasteiger partial charge in [-0.2, -0.15) is 0 Å². The average Bonchev–Trinajstić information content (AvgIpc) is 3.34. The molecule has 0 N–H and O–H groups in total. The topological polar surface area (TPSA) is 101 Å². The number of aryl methyl sites for hydroxylation is 1. The number of hydrogen-bond donors (Lipinski definition) is 0. The van der Waals surface area contributed by atoms with Crippen LogP contribution in [0.25, 0.3) is 33.2 Å². The highest BCUT2D eigenvalue weighted by Crippen LogP contribution is 2.39. The van der Waals surface area contributed by atoms with E-state index in [-0.39, 0.29) is 6.04 Å². The molecule has 0 aliphatic carbocycles. The van der Waals surface area contributed by atoms with Crippen LogP contribution in [-0.4, -0.2) is 59.5 Å². The molecular formula is C23H27N5O4S. The van der Waals surface area contributed by atoms with Crippen molar-refractivity contribution in [2.24, 2.45) is 13.0 Å². The normalized spacial score (nSPS) is 16.5. The smallest absolute Gasteiger partial charge is 0.261 e. The van der Waals surface area contributed by atoms with Crippen molar-refractivity contribution in [3.05, 3.63) is 30.5 Å². The van der Waals surface area contributed by atoms with Crippen LogP contribution in [0.15, 0.2) is 35.4 Å². The molecule has 0 bridgehead atoms. The summed E-state index contributed by atoms with van der Waals surface area (Å²) in [6, 6.07) is 7.49. The fourth-order valence-electron chi connectivity index (χ4n) is 4.88. The zero-order chi connectivity index (χ0) is 23.3. The Morgan fingerprint density at radius 3 is 2.64 bits per heavy atom. The molecule has 4 heterocycles. The van der Waals surface area contributed by atoms with Gasteiger partial charge in [-0.25, -0.2) is 13.1 Å². The Morgan fingerprint density at radius 1 is 1.18 bits per heavy atom. The lowest BCUT2D eigenvalue weighted by Gasteiger charge is -2.30. The van der Waals surface area contributed by atoms with Gasteiger partial charge in [0.15, 0.2) is 9.84 Å². The first-order valence-corrected chi connectivity index (χ1v) is 12.8. The molecule has 0 unspecified atom stereocenters. The van der Waals surface area contributed by atoms with Crippen molar-refractivity contribution in [1.29, 1.82) is 0 Å². The summed E-state index contributed by atoms with van der Waals surface area (Å²) in [5.41, 5.74) is 4.21. The first-order chi connectivity index (χ1) is 15.8. The minimum atomic E-state index is -3.35. The quantitative estimate of drug-likeness (QED) is 0.442. The van der Waals surface area contributed by atoms with E-state index in [1.54, 1.807) is 30.1 Å². The number of benzene rings is 1. The van der Waals surface area contributed by atoms with Crippen LogP contribution in [0, 0.1) is 5.92 Å². The van der Waals surface area contributed by atoms with Gasteiger partial charge in [-0.05, 0) is 49.9 Å². The minimum absolute atomic E-state index is 0.132. The average molecular weight is 470 g/mol. The van der Waals surface area contributed by atoms with E-state index in [1.165, 1.54) is 6.26 Å². The van der Waals surface area contributed by atoms with Gasteiger partial charge in [-0.1, -0.05) is 10.3 Å². The molecule has 1 fully saturated rings. The Kier molecular flexibility index (Phi) is 5.37. The van der Waals surface area contributed by atoms with Gasteiger partial charge in [0.1, 0.15) is 5.69 Å². The molecule has 1 atom stereocenters.